The lowest BCUT2D eigenvalue weighted by atomic mass is 9.54. The van der Waals surface area contributed by atoms with E-state index < -0.39 is 36.6 Å². The Morgan fingerprint density at radius 3 is 1.36 bits per heavy atom. The average Bonchev–Trinajstić information content (AvgIpc) is 2.92. The highest BCUT2D eigenvalue weighted by Gasteiger charge is 2.60. The minimum atomic E-state index is -0.519. The van der Waals surface area contributed by atoms with Gasteiger partial charge in [0.1, 0.15) is 0 Å². The molecular weight excluding hydrogens is 350 g/mol. The number of rotatable bonds is 4. The molecule has 1 aromatic rings. The minimum Gasteiger partial charge on any atom is -0.400 e. The van der Waals surface area contributed by atoms with E-state index >= 15 is 0 Å². The van der Waals surface area contributed by atoms with Gasteiger partial charge in [-0.2, -0.15) is 0 Å². The molecule has 2 aliphatic rings. The van der Waals surface area contributed by atoms with Crippen LogP contribution in [0.1, 0.15) is 74.3 Å². The van der Waals surface area contributed by atoms with Gasteiger partial charge in [0.05, 0.1) is 22.4 Å². The van der Waals surface area contributed by atoms with Crippen LogP contribution in [0.2, 0.25) is 0 Å². The van der Waals surface area contributed by atoms with Crippen molar-refractivity contribution in [3.63, 3.8) is 0 Å². The van der Waals surface area contributed by atoms with Crippen LogP contribution in [-0.2, 0) is 18.6 Å². The lowest BCUT2D eigenvalue weighted by Gasteiger charge is -2.32. The van der Waals surface area contributed by atoms with Gasteiger partial charge in [0.25, 0.3) is 0 Å². The molecule has 0 amide bonds. The number of hydrogen-bond acceptors (Lipinski definition) is 4. The third-order valence-electron chi connectivity index (χ3n) is 6.84. The Kier molecular flexibility index (Phi) is 5.42. The predicted molar refractivity (Wildman–Crippen MR) is 116 cm³/mol. The van der Waals surface area contributed by atoms with E-state index in [2.05, 4.69) is 86.6 Å². The fourth-order valence-corrected chi connectivity index (χ4v) is 3.55. The second-order valence-electron chi connectivity index (χ2n) is 9.83. The van der Waals surface area contributed by atoms with Crippen molar-refractivity contribution in [1.29, 1.82) is 0 Å². The van der Waals surface area contributed by atoms with Crippen LogP contribution in [0.5, 0.6) is 0 Å². The van der Waals surface area contributed by atoms with Crippen LogP contribution in [0.15, 0.2) is 35.7 Å². The SMILES string of the molecule is CCC(=C(B1OC(C)(C)C(C)(C)O1)B1OC(C)(C)C(C)(C)O1)c1ccccc1. The smallest absolute Gasteiger partial charge is 0.400 e. The van der Waals surface area contributed by atoms with Gasteiger partial charge >= 0.3 is 14.2 Å². The van der Waals surface area contributed by atoms with Crippen molar-refractivity contribution in [1.82, 2.24) is 0 Å². The Morgan fingerprint density at radius 1 is 0.679 bits per heavy atom. The van der Waals surface area contributed by atoms with Crippen LogP contribution in [-0.4, -0.2) is 36.6 Å². The molecule has 2 aliphatic heterocycles. The van der Waals surface area contributed by atoms with Gasteiger partial charge in [0.15, 0.2) is 0 Å². The second kappa shape index (κ2) is 7.02. The van der Waals surface area contributed by atoms with Crippen LogP contribution in [0.4, 0.5) is 0 Å². The molecule has 6 heteroatoms. The van der Waals surface area contributed by atoms with E-state index in [1.807, 2.05) is 6.07 Å². The summed E-state index contributed by atoms with van der Waals surface area (Å²) in [6.45, 7) is 18.7. The van der Waals surface area contributed by atoms with Crippen LogP contribution in [0, 0.1) is 0 Å². The van der Waals surface area contributed by atoms with Crippen molar-refractivity contribution in [3.05, 3.63) is 41.3 Å². The topological polar surface area (TPSA) is 36.9 Å². The molecule has 152 valence electrons. The molecule has 0 spiro atoms. The molecular formula is C22H34B2O4. The van der Waals surface area contributed by atoms with Crippen molar-refractivity contribution in [2.24, 2.45) is 0 Å². The fourth-order valence-electron chi connectivity index (χ4n) is 3.55. The van der Waals surface area contributed by atoms with Gasteiger partial charge in [-0.15, -0.1) is 0 Å². The van der Waals surface area contributed by atoms with E-state index in [-0.39, 0.29) is 0 Å². The van der Waals surface area contributed by atoms with E-state index in [0.29, 0.717) is 0 Å². The number of allylic oxidation sites excluding steroid dienone is 1. The van der Waals surface area contributed by atoms with Crippen LogP contribution >= 0.6 is 0 Å². The molecule has 2 fully saturated rings. The maximum Gasteiger partial charge on any atom is 0.486 e. The van der Waals surface area contributed by atoms with E-state index in [9.17, 15) is 0 Å². The fraction of sp³-hybridized carbons (Fsp3) is 0.636. The summed E-state index contributed by atoms with van der Waals surface area (Å²) in [5, 5.41) is 0.936. The van der Waals surface area contributed by atoms with E-state index in [1.165, 1.54) is 0 Å². The quantitative estimate of drug-likeness (QED) is 0.676. The Balaban J connectivity index is 2.12. The van der Waals surface area contributed by atoms with Gasteiger partial charge in [0, 0.05) is 0 Å². The van der Waals surface area contributed by atoms with Crippen molar-refractivity contribution in [3.8, 4) is 0 Å². The first-order valence-corrected chi connectivity index (χ1v) is 10.3. The van der Waals surface area contributed by atoms with Gasteiger partial charge in [-0.1, -0.05) is 37.3 Å². The van der Waals surface area contributed by atoms with Crippen LogP contribution in [0.25, 0.3) is 5.57 Å². The van der Waals surface area contributed by atoms with Crippen LogP contribution in [0.3, 0.4) is 0 Å². The van der Waals surface area contributed by atoms with Gasteiger partial charge < -0.3 is 18.6 Å². The minimum absolute atomic E-state index is 0.428. The molecule has 0 aliphatic carbocycles. The summed E-state index contributed by atoms with van der Waals surface area (Å²) in [6.07, 6.45) is 0.827. The molecule has 0 atom stereocenters. The van der Waals surface area contributed by atoms with Gasteiger partial charge in [0.2, 0.25) is 0 Å². The summed E-state index contributed by atoms with van der Waals surface area (Å²) in [5.74, 6) is 0. The predicted octanol–water partition coefficient (Wildman–Crippen LogP) is 5.11. The standard InChI is InChI=1S/C22H34B2O4/c1-10-17(16-14-12-11-13-15-16)18(23-25-19(2,3)20(4,5)26-23)24-27-21(6,7)22(8,9)28-24/h11-15H,10H2,1-9H3. The third-order valence-corrected chi connectivity index (χ3v) is 6.84. The Hall–Kier alpha value is -1.07. The van der Waals surface area contributed by atoms with Gasteiger partial charge in [-0.3, -0.25) is 0 Å². The molecule has 0 bridgehead atoms. The second-order valence-corrected chi connectivity index (χ2v) is 9.83. The maximum atomic E-state index is 6.44. The molecule has 0 aromatic heterocycles. The first kappa shape index (κ1) is 21.6. The number of benzene rings is 1. The summed E-state index contributed by atoms with van der Waals surface area (Å²) < 4.78 is 25.8. The summed E-state index contributed by atoms with van der Waals surface area (Å²) in [7, 11) is -1.04. The molecule has 0 N–H and O–H groups in total. The molecule has 2 saturated heterocycles. The number of hydrogen-bond donors (Lipinski definition) is 0. The Morgan fingerprint density at radius 2 is 1.04 bits per heavy atom. The average molecular weight is 384 g/mol. The lowest BCUT2D eigenvalue weighted by molar-refractivity contribution is 0.00578. The third kappa shape index (κ3) is 3.60. The summed E-state index contributed by atoms with van der Waals surface area (Å²) in [6, 6.07) is 10.4. The van der Waals surface area contributed by atoms with Gasteiger partial charge in [-0.05, 0) is 78.3 Å². The maximum absolute atomic E-state index is 6.44. The molecule has 1 aromatic carbocycles. The largest absolute Gasteiger partial charge is 0.486 e. The molecule has 3 rings (SSSR count). The Bertz CT molecular complexity index is 683. The lowest BCUT2D eigenvalue weighted by Crippen LogP contribution is -2.41. The monoisotopic (exact) mass is 384 g/mol. The first-order chi connectivity index (χ1) is 12.8. The highest BCUT2D eigenvalue weighted by Crippen LogP contribution is 2.45. The summed E-state index contributed by atoms with van der Waals surface area (Å²) in [5.41, 5.74) is 0.580. The summed E-state index contributed by atoms with van der Waals surface area (Å²) in [4.78, 5) is 0. The molecule has 0 unspecified atom stereocenters. The van der Waals surface area contributed by atoms with E-state index in [1.54, 1.807) is 0 Å². The van der Waals surface area contributed by atoms with Crippen molar-refractivity contribution in [2.45, 2.75) is 91.1 Å². The van der Waals surface area contributed by atoms with E-state index in [0.717, 1.165) is 22.9 Å². The van der Waals surface area contributed by atoms with Gasteiger partial charge in [-0.25, -0.2) is 0 Å². The first-order valence-electron chi connectivity index (χ1n) is 10.3. The molecule has 4 nitrogen and oxygen atoms in total. The van der Waals surface area contributed by atoms with E-state index in [4.69, 9.17) is 18.6 Å². The van der Waals surface area contributed by atoms with Crippen molar-refractivity contribution < 1.29 is 18.6 Å². The zero-order chi connectivity index (χ0) is 21.0. The Labute approximate surface area is 171 Å². The highest BCUT2D eigenvalue weighted by molar-refractivity contribution is 6.80. The molecule has 0 saturated carbocycles. The van der Waals surface area contributed by atoms with Crippen LogP contribution < -0.4 is 0 Å². The zero-order valence-electron chi connectivity index (χ0n) is 18.9. The molecule has 2 heterocycles. The summed E-state index contributed by atoms with van der Waals surface area (Å²) >= 11 is 0. The molecule has 28 heavy (non-hydrogen) atoms. The van der Waals surface area contributed by atoms with Crippen molar-refractivity contribution >= 4 is 19.8 Å². The van der Waals surface area contributed by atoms with Crippen molar-refractivity contribution in [2.75, 3.05) is 0 Å². The molecule has 0 radical (unpaired) electrons. The normalized spacial score (nSPS) is 24.5. The zero-order valence-corrected chi connectivity index (χ0v) is 18.9. The highest BCUT2D eigenvalue weighted by atomic mass is 16.7.